The Hall–Kier alpha value is -1.20. The zero-order valence-electron chi connectivity index (χ0n) is 17.1. The Morgan fingerprint density at radius 2 is 1.96 bits per heavy atom. The number of halogens is 1. The maximum atomic E-state index is 3.85. The van der Waals surface area contributed by atoms with E-state index in [9.17, 15) is 0 Å². The molecule has 2 unspecified atom stereocenters. The number of nitrogens with zero attached hydrogens (tertiary/aromatic N) is 2. The average Bonchev–Trinajstić information content (AvgIpc) is 3.10. The molecule has 150 valence electrons. The van der Waals surface area contributed by atoms with E-state index >= 15 is 0 Å². The van der Waals surface area contributed by atoms with E-state index in [4.69, 9.17) is 0 Å². The molecule has 0 amide bonds. The molecular weight excluding hydrogens is 410 g/mol. The Morgan fingerprint density at radius 1 is 1.14 bits per heavy atom. The number of hydrogen-bond acceptors (Lipinski definition) is 3. The lowest BCUT2D eigenvalue weighted by Crippen LogP contribution is -2.47. The van der Waals surface area contributed by atoms with Gasteiger partial charge in [-0.3, -0.25) is 4.90 Å². The van der Waals surface area contributed by atoms with Crippen molar-refractivity contribution in [2.75, 3.05) is 39.8 Å². The summed E-state index contributed by atoms with van der Waals surface area (Å²) in [5.41, 5.74) is 5.94. The number of hydrogen-bond donors (Lipinski definition) is 1. The van der Waals surface area contributed by atoms with E-state index in [1.54, 1.807) is 5.56 Å². The van der Waals surface area contributed by atoms with E-state index in [2.05, 4.69) is 87.5 Å². The molecule has 1 aliphatic heterocycles. The standard InChI is InChI=1S/C24H32BrN3/c1-18-15-21(25)16-20-9-10-22(24(18)20)26-11-6-12-28-14-13-27(2)17-23(28)19-7-4-3-5-8-19/h3-5,7-8,15-16,22-23,26H,6,9-14,17H2,1-2H3. The van der Waals surface area contributed by atoms with Crippen molar-refractivity contribution in [2.24, 2.45) is 0 Å². The predicted molar refractivity (Wildman–Crippen MR) is 121 cm³/mol. The molecule has 0 radical (unpaired) electrons. The molecule has 1 aliphatic carbocycles. The van der Waals surface area contributed by atoms with Gasteiger partial charge in [0.25, 0.3) is 0 Å². The van der Waals surface area contributed by atoms with Crippen LogP contribution in [0.4, 0.5) is 0 Å². The summed E-state index contributed by atoms with van der Waals surface area (Å²) in [6.45, 7) is 7.96. The zero-order chi connectivity index (χ0) is 19.5. The van der Waals surface area contributed by atoms with Crippen molar-refractivity contribution in [1.82, 2.24) is 15.1 Å². The molecule has 1 N–H and O–H groups in total. The van der Waals surface area contributed by atoms with Crippen LogP contribution >= 0.6 is 15.9 Å². The van der Waals surface area contributed by atoms with Crippen LogP contribution < -0.4 is 5.32 Å². The number of piperazine rings is 1. The SMILES string of the molecule is Cc1cc(Br)cc2c1C(NCCCN1CCN(C)CC1c1ccccc1)CC2. The summed E-state index contributed by atoms with van der Waals surface area (Å²) in [6, 6.07) is 16.6. The van der Waals surface area contributed by atoms with Gasteiger partial charge in [0.05, 0.1) is 0 Å². The lowest BCUT2D eigenvalue weighted by atomic mass is 10.0. The minimum absolute atomic E-state index is 0.520. The van der Waals surface area contributed by atoms with Crippen LogP contribution in [0.15, 0.2) is 46.9 Å². The van der Waals surface area contributed by atoms with Crippen molar-refractivity contribution >= 4 is 15.9 Å². The van der Waals surface area contributed by atoms with Gasteiger partial charge in [-0.2, -0.15) is 0 Å². The van der Waals surface area contributed by atoms with Gasteiger partial charge in [0.2, 0.25) is 0 Å². The lowest BCUT2D eigenvalue weighted by Gasteiger charge is -2.40. The summed E-state index contributed by atoms with van der Waals surface area (Å²) in [5.74, 6) is 0. The lowest BCUT2D eigenvalue weighted by molar-refractivity contribution is 0.0886. The van der Waals surface area contributed by atoms with E-state index < -0.39 is 0 Å². The Morgan fingerprint density at radius 3 is 2.79 bits per heavy atom. The second-order valence-electron chi connectivity index (χ2n) is 8.42. The summed E-state index contributed by atoms with van der Waals surface area (Å²) in [6.07, 6.45) is 3.63. The van der Waals surface area contributed by atoms with Gasteiger partial charge in [-0.15, -0.1) is 0 Å². The summed E-state index contributed by atoms with van der Waals surface area (Å²) in [4.78, 5) is 5.14. The van der Waals surface area contributed by atoms with Gasteiger partial charge in [-0.25, -0.2) is 0 Å². The highest BCUT2D eigenvalue weighted by molar-refractivity contribution is 9.10. The Bertz CT molecular complexity index is 792. The van der Waals surface area contributed by atoms with E-state index in [1.165, 1.54) is 53.5 Å². The zero-order valence-corrected chi connectivity index (χ0v) is 18.7. The molecule has 2 atom stereocenters. The Labute approximate surface area is 178 Å². The molecule has 2 aromatic carbocycles. The number of nitrogens with one attached hydrogen (secondary N) is 1. The van der Waals surface area contributed by atoms with Gasteiger partial charge in [0.15, 0.2) is 0 Å². The molecule has 4 rings (SSSR count). The van der Waals surface area contributed by atoms with E-state index in [0.29, 0.717) is 12.1 Å². The van der Waals surface area contributed by atoms with E-state index in [-0.39, 0.29) is 0 Å². The number of rotatable bonds is 6. The largest absolute Gasteiger partial charge is 0.310 e. The number of fused-ring (bicyclic) bond motifs is 1. The maximum Gasteiger partial charge on any atom is 0.0475 e. The first-order chi connectivity index (χ1) is 13.6. The van der Waals surface area contributed by atoms with Crippen LogP contribution in [0.3, 0.4) is 0 Å². The second kappa shape index (κ2) is 9.08. The van der Waals surface area contributed by atoms with E-state index in [1.807, 2.05) is 0 Å². The molecule has 0 aromatic heterocycles. The van der Waals surface area contributed by atoms with Crippen LogP contribution in [0.1, 0.15) is 47.2 Å². The summed E-state index contributed by atoms with van der Waals surface area (Å²) < 4.78 is 1.21. The van der Waals surface area contributed by atoms with E-state index in [0.717, 1.165) is 19.6 Å². The van der Waals surface area contributed by atoms with Gasteiger partial charge in [-0.05, 0) is 74.2 Å². The molecule has 1 fully saturated rings. The minimum Gasteiger partial charge on any atom is -0.310 e. The van der Waals surface area contributed by atoms with Crippen molar-refractivity contribution in [3.8, 4) is 0 Å². The molecule has 1 saturated heterocycles. The topological polar surface area (TPSA) is 18.5 Å². The van der Waals surface area contributed by atoms with Crippen molar-refractivity contribution < 1.29 is 0 Å². The summed E-state index contributed by atoms with van der Waals surface area (Å²) in [7, 11) is 2.24. The molecule has 0 spiro atoms. The molecule has 2 aromatic rings. The summed E-state index contributed by atoms with van der Waals surface area (Å²) in [5, 5.41) is 3.85. The predicted octanol–water partition coefficient (Wildman–Crippen LogP) is 4.71. The Kier molecular flexibility index (Phi) is 6.52. The third-order valence-electron chi connectivity index (χ3n) is 6.38. The molecule has 28 heavy (non-hydrogen) atoms. The number of aryl methyl sites for hydroxylation is 2. The van der Waals surface area contributed by atoms with Gasteiger partial charge >= 0.3 is 0 Å². The summed E-state index contributed by atoms with van der Waals surface area (Å²) >= 11 is 3.64. The first-order valence-corrected chi connectivity index (χ1v) is 11.4. The quantitative estimate of drug-likeness (QED) is 0.654. The third kappa shape index (κ3) is 4.51. The molecule has 3 nitrogen and oxygen atoms in total. The van der Waals surface area contributed by atoms with Crippen molar-refractivity contribution in [1.29, 1.82) is 0 Å². The fourth-order valence-electron chi connectivity index (χ4n) is 4.95. The van der Waals surface area contributed by atoms with Gasteiger partial charge in [0.1, 0.15) is 0 Å². The minimum atomic E-state index is 0.520. The van der Waals surface area contributed by atoms with Crippen LogP contribution in [-0.4, -0.2) is 49.6 Å². The Balaban J connectivity index is 1.32. The molecule has 4 heteroatoms. The monoisotopic (exact) mass is 441 g/mol. The van der Waals surface area contributed by atoms with Crippen LogP contribution in [0.2, 0.25) is 0 Å². The van der Waals surface area contributed by atoms with Crippen LogP contribution in [0.25, 0.3) is 0 Å². The normalized spacial score (nSPS) is 23.1. The number of likely N-dealkylation sites (N-methyl/N-ethyl adjacent to an activating group) is 1. The van der Waals surface area contributed by atoms with Crippen LogP contribution in [0, 0.1) is 6.92 Å². The molecule has 2 aliphatic rings. The van der Waals surface area contributed by atoms with Gasteiger partial charge < -0.3 is 10.2 Å². The van der Waals surface area contributed by atoms with Crippen molar-refractivity contribution in [2.45, 2.75) is 38.3 Å². The van der Waals surface area contributed by atoms with Gasteiger partial charge in [0, 0.05) is 42.7 Å². The van der Waals surface area contributed by atoms with Crippen molar-refractivity contribution in [3.63, 3.8) is 0 Å². The molecule has 0 bridgehead atoms. The molecular formula is C24H32BrN3. The molecule has 0 saturated carbocycles. The number of benzene rings is 2. The fraction of sp³-hybridized carbons (Fsp3) is 0.500. The van der Waals surface area contributed by atoms with Crippen LogP contribution in [-0.2, 0) is 6.42 Å². The highest BCUT2D eigenvalue weighted by atomic mass is 79.9. The maximum absolute atomic E-state index is 3.85. The highest BCUT2D eigenvalue weighted by Crippen LogP contribution is 2.35. The van der Waals surface area contributed by atoms with Crippen LogP contribution in [0.5, 0.6) is 0 Å². The fourth-order valence-corrected chi connectivity index (χ4v) is 5.57. The first-order valence-electron chi connectivity index (χ1n) is 10.6. The third-order valence-corrected chi connectivity index (χ3v) is 6.84. The average molecular weight is 442 g/mol. The van der Waals surface area contributed by atoms with Crippen molar-refractivity contribution in [3.05, 3.63) is 69.2 Å². The highest BCUT2D eigenvalue weighted by Gasteiger charge is 2.27. The second-order valence-corrected chi connectivity index (χ2v) is 9.33. The smallest absolute Gasteiger partial charge is 0.0475 e. The molecule has 1 heterocycles. The first kappa shape index (κ1) is 20.1. The van der Waals surface area contributed by atoms with Gasteiger partial charge in [-0.1, -0.05) is 46.3 Å².